The van der Waals surface area contributed by atoms with Gasteiger partial charge >= 0.3 is 0 Å². The highest BCUT2D eigenvalue weighted by molar-refractivity contribution is 5.79. The van der Waals surface area contributed by atoms with Gasteiger partial charge < -0.3 is 19.7 Å². The van der Waals surface area contributed by atoms with Gasteiger partial charge in [-0.25, -0.2) is 0 Å². The Morgan fingerprint density at radius 3 is 3.05 bits per heavy atom. The molecule has 1 fully saturated rings. The van der Waals surface area contributed by atoms with E-state index in [1.165, 1.54) is 6.42 Å². The molecular weight excluding hydrogens is 278 g/mol. The summed E-state index contributed by atoms with van der Waals surface area (Å²) in [5.74, 6) is 0.977. The third-order valence-corrected chi connectivity index (χ3v) is 3.63. The molecule has 1 rings (SSSR count). The lowest BCUT2D eigenvalue weighted by molar-refractivity contribution is 0.0170. The summed E-state index contributed by atoms with van der Waals surface area (Å²) in [4.78, 5) is 6.84. The van der Waals surface area contributed by atoms with Gasteiger partial charge in [-0.1, -0.05) is 6.08 Å². The molecular formula is C17H33N3O2. The van der Waals surface area contributed by atoms with Gasteiger partial charge in [-0.15, -0.1) is 6.58 Å². The SMILES string of the molecule is C=CCCCN(C)C(=NCCCOCC1CCCO1)NCC. The molecule has 1 unspecified atom stereocenters. The van der Waals surface area contributed by atoms with Crippen LogP contribution in [0.15, 0.2) is 17.6 Å². The molecule has 1 atom stereocenters. The van der Waals surface area contributed by atoms with Crippen LogP contribution in [0.4, 0.5) is 0 Å². The van der Waals surface area contributed by atoms with E-state index < -0.39 is 0 Å². The Labute approximate surface area is 135 Å². The zero-order valence-corrected chi connectivity index (χ0v) is 14.4. The van der Waals surface area contributed by atoms with Crippen LogP contribution in [0.2, 0.25) is 0 Å². The number of aliphatic imine (C=N–C) groups is 1. The van der Waals surface area contributed by atoms with Crippen molar-refractivity contribution in [2.45, 2.75) is 45.1 Å². The van der Waals surface area contributed by atoms with E-state index in [-0.39, 0.29) is 0 Å². The Morgan fingerprint density at radius 2 is 2.36 bits per heavy atom. The standard InChI is InChI=1S/C17H33N3O2/c1-4-6-7-12-20(3)17(18-5-2)19-11-9-13-21-15-16-10-8-14-22-16/h4,16H,1,5-15H2,2-3H3,(H,18,19). The fraction of sp³-hybridized carbons (Fsp3) is 0.824. The number of unbranched alkanes of at least 4 members (excludes halogenated alkanes) is 1. The smallest absolute Gasteiger partial charge is 0.193 e. The zero-order chi connectivity index (χ0) is 16.0. The Bertz CT molecular complexity index is 315. The van der Waals surface area contributed by atoms with E-state index in [4.69, 9.17) is 9.47 Å². The molecule has 0 spiro atoms. The Morgan fingerprint density at radius 1 is 1.50 bits per heavy atom. The molecule has 0 aromatic heterocycles. The van der Waals surface area contributed by atoms with E-state index in [0.717, 1.165) is 71.1 Å². The van der Waals surface area contributed by atoms with Crippen LogP contribution in [0.5, 0.6) is 0 Å². The molecule has 0 aliphatic carbocycles. The van der Waals surface area contributed by atoms with E-state index in [9.17, 15) is 0 Å². The van der Waals surface area contributed by atoms with Gasteiger partial charge in [0, 0.05) is 39.9 Å². The second-order valence-electron chi connectivity index (χ2n) is 5.65. The van der Waals surface area contributed by atoms with Crippen LogP contribution in [0.1, 0.15) is 39.0 Å². The molecule has 22 heavy (non-hydrogen) atoms. The van der Waals surface area contributed by atoms with E-state index >= 15 is 0 Å². The molecule has 0 radical (unpaired) electrons. The highest BCUT2D eigenvalue weighted by atomic mass is 16.5. The van der Waals surface area contributed by atoms with Crippen LogP contribution in [0.3, 0.4) is 0 Å². The van der Waals surface area contributed by atoms with E-state index in [1.54, 1.807) is 0 Å². The molecule has 0 bridgehead atoms. The number of hydrogen-bond acceptors (Lipinski definition) is 3. The minimum atomic E-state index is 0.316. The summed E-state index contributed by atoms with van der Waals surface area (Å²) in [6.07, 6.45) is 7.68. The molecule has 128 valence electrons. The van der Waals surface area contributed by atoms with Crippen molar-refractivity contribution in [2.75, 3.05) is 46.5 Å². The quantitative estimate of drug-likeness (QED) is 0.275. The third-order valence-electron chi connectivity index (χ3n) is 3.63. The molecule has 0 aromatic carbocycles. The van der Waals surface area contributed by atoms with E-state index in [0.29, 0.717) is 6.10 Å². The van der Waals surface area contributed by atoms with Crippen LogP contribution in [-0.4, -0.2) is 63.5 Å². The monoisotopic (exact) mass is 311 g/mol. The molecule has 1 N–H and O–H groups in total. The highest BCUT2D eigenvalue weighted by Gasteiger charge is 2.14. The van der Waals surface area contributed by atoms with Gasteiger partial charge in [-0.2, -0.15) is 0 Å². The second kappa shape index (κ2) is 12.5. The maximum atomic E-state index is 5.66. The lowest BCUT2D eigenvalue weighted by Crippen LogP contribution is -2.39. The Hall–Kier alpha value is -1.07. The van der Waals surface area contributed by atoms with Gasteiger partial charge in [0.25, 0.3) is 0 Å². The van der Waals surface area contributed by atoms with Gasteiger partial charge in [-0.05, 0) is 39.0 Å². The fourth-order valence-electron chi connectivity index (χ4n) is 2.39. The lowest BCUT2D eigenvalue weighted by Gasteiger charge is -2.21. The predicted octanol–water partition coefficient (Wildman–Crippen LogP) is 2.44. The van der Waals surface area contributed by atoms with Crippen LogP contribution < -0.4 is 5.32 Å². The Kier molecular flexibility index (Phi) is 10.8. The van der Waals surface area contributed by atoms with Crippen molar-refractivity contribution in [3.05, 3.63) is 12.7 Å². The van der Waals surface area contributed by atoms with Crippen molar-refractivity contribution in [3.8, 4) is 0 Å². The van der Waals surface area contributed by atoms with Crippen molar-refractivity contribution in [2.24, 2.45) is 4.99 Å². The first-order valence-electron chi connectivity index (χ1n) is 8.57. The molecule has 1 heterocycles. The average molecular weight is 311 g/mol. The van der Waals surface area contributed by atoms with Gasteiger partial charge in [0.05, 0.1) is 12.7 Å². The number of guanidine groups is 1. The first kappa shape index (κ1) is 19.0. The fourth-order valence-corrected chi connectivity index (χ4v) is 2.39. The number of hydrogen-bond donors (Lipinski definition) is 1. The number of nitrogens with one attached hydrogen (secondary N) is 1. The highest BCUT2D eigenvalue weighted by Crippen LogP contribution is 2.11. The summed E-state index contributed by atoms with van der Waals surface area (Å²) in [5.41, 5.74) is 0. The number of nitrogens with zero attached hydrogens (tertiary/aromatic N) is 2. The summed E-state index contributed by atoms with van der Waals surface area (Å²) in [6.45, 7) is 10.9. The van der Waals surface area contributed by atoms with Crippen LogP contribution in [0.25, 0.3) is 0 Å². The molecule has 1 aliphatic rings. The van der Waals surface area contributed by atoms with Crippen molar-refractivity contribution in [3.63, 3.8) is 0 Å². The third kappa shape index (κ3) is 8.39. The van der Waals surface area contributed by atoms with Crippen LogP contribution in [0, 0.1) is 0 Å². The summed E-state index contributed by atoms with van der Waals surface area (Å²) in [7, 11) is 2.08. The molecule has 0 amide bonds. The molecule has 0 aromatic rings. The molecule has 5 nitrogen and oxygen atoms in total. The van der Waals surface area contributed by atoms with Crippen LogP contribution >= 0.6 is 0 Å². The maximum absolute atomic E-state index is 5.66. The first-order chi connectivity index (χ1) is 10.8. The van der Waals surface area contributed by atoms with Crippen molar-refractivity contribution >= 4 is 5.96 Å². The van der Waals surface area contributed by atoms with E-state index in [1.807, 2.05) is 6.08 Å². The minimum absolute atomic E-state index is 0.316. The molecule has 1 saturated heterocycles. The normalized spacial score (nSPS) is 18.5. The molecule has 5 heteroatoms. The topological polar surface area (TPSA) is 46.1 Å². The zero-order valence-electron chi connectivity index (χ0n) is 14.4. The number of ether oxygens (including phenoxy) is 2. The minimum Gasteiger partial charge on any atom is -0.379 e. The summed E-state index contributed by atoms with van der Waals surface area (Å²) in [6, 6.07) is 0. The van der Waals surface area contributed by atoms with Crippen molar-refractivity contribution < 1.29 is 9.47 Å². The van der Waals surface area contributed by atoms with Gasteiger partial charge in [0.1, 0.15) is 0 Å². The average Bonchev–Trinajstić information content (AvgIpc) is 3.03. The van der Waals surface area contributed by atoms with Gasteiger partial charge in [-0.3, -0.25) is 4.99 Å². The van der Waals surface area contributed by atoms with E-state index in [2.05, 4.69) is 35.8 Å². The molecule has 0 saturated carbocycles. The van der Waals surface area contributed by atoms with Gasteiger partial charge in [0.2, 0.25) is 0 Å². The lowest BCUT2D eigenvalue weighted by atomic mass is 10.2. The molecule has 1 aliphatic heterocycles. The first-order valence-corrected chi connectivity index (χ1v) is 8.57. The van der Waals surface area contributed by atoms with Crippen molar-refractivity contribution in [1.82, 2.24) is 10.2 Å². The maximum Gasteiger partial charge on any atom is 0.193 e. The second-order valence-corrected chi connectivity index (χ2v) is 5.65. The summed E-state index contributed by atoms with van der Waals surface area (Å²) in [5, 5.41) is 3.33. The largest absolute Gasteiger partial charge is 0.379 e. The van der Waals surface area contributed by atoms with Crippen molar-refractivity contribution in [1.29, 1.82) is 0 Å². The Balaban J connectivity index is 2.15. The summed E-state index contributed by atoms with van der Waals surface area (Å²) >= 11 is 0. The van der Waals surface area contributed by atoms with Gasteiger partial charge in [0.15, 0.2) is 5.96 Å². The summed E-state index contributed by atoms with van der Waals surface area (Å²) < 4.78 is 11.2. The van der Waals surface area contributed by atoms with Crippen LogP contribution in [-0.2, 0) is 9.47 Å². The number of allylic oxidation sites excluding steroid dienone is 1. The number of rotatable bonds is 11. The predicted molar refractivity (Wildman–Crippen MR) is 92.4 cm³/mol.